The van der Waals surface area contributed by atoms with Gasteiger partial charge in [-0.05, 0) is 66.7 Å². The van der Waals surface area contributed by atoms with Crippen molar-refractivity contribution in [3.8, 4) is 119 Å². The summed E-state index contributed by atoms with van der Waals surface area (Å²) in [5.41, 5.74) is 12.2. The Balaban J connectivity index is 1.01. The smallest absolute Gasteiger partial charge is 0.164 e. The van der Waals surface area contributed by atoms with E-state index in [9.17, 15) is 0 Å². The van der Waals surface area contributed by atoms with E-state index in [0.717, 1.165) is 88.8 Å². The van der Waals surface area contributed by atoms with E-state index in [0.29, 0.717) is 52.4 Å². The lowest BCUT2D eigenvalue weighted by Gasteiger charge is -2.15. The van der Waals surface area contributed by atoms with E-state index in [-0.39, 0.29) is 0 Å². The van der Waals surface area contributed by atoms with Gasteiger partial charge in [0.1, 0.15) is 0 Å². The van der Waals surface area contributed by atoms with E-state index >= 15 is 0 Å². The Bertz CT molecular complexity index is 4150. The van der Waals surface area contributed by atoms with Gasteiger partial charge >= 0.3 is 0 Å². The Hall–Kier alpha value is -11.0. The molecule has 14 aromatic rings. The molecule has 14 rings (SSSR count). The summed E-state index contributed by atoms with van der Waals surface area (Å²) in [4.78, 5) is 51.0. The number of benzene rings is 9. The minimum absolute atomic E-state index is 0.511. The average molecular weight is 1010 g/mol. The van der Waals surface area contributed by atoms with Gasteiger partial charge in [-0.1, -0.05) is 188 Å². The average Bonchev–Trinajstić information content (AvgIpc) is 4.14. The van der Waals surface area contributed by atoms with Crippen LogP contribution in [-0.2, 0) is 0 Å². The first-order chi connectivity index (χ1) is 39.1. The highest BCUT2D eigenvalue weighted by molar-refractivity contribution is 6.11. The van der Waals surface area contributed by atoms with Crippen LogP contribution in [0.4, 0.5) is 0 Å². The molecule has 0 radical (unpaired) electrons. The molecule has 11 nitrogen and oxygen atoms in total. The van der Waals surface area contributed by atoms with Crippen LogP contribution in [0.25, 0.3) is 141 Å². The third-order valence-corrected chi connectivity index (χ3v) is 13.8. The van der Waals surface area contributed by atoms with E-state index in [1.165, 1.54) is 0 Å². The molecule has 11 heteroatoms. The van der Waals surface area contributed by atoms with E-state index in [2.05, 4.69) is 59.2 Å². The first kappa shape index (κ1) is 46.5. The predicted octanol–water partition coefficient (Wildman–Crippen LogP) is 15.4. The molecule has 5 aromatic heterocycles. The van der Waals surface area contributed by atoms with E-state index < -0.39 is 0 Å². The van der Waals surface area contributed by atoms with Crippen LogP contribution in [0, 0.1) is 0 Å². The Morgan fingerprint density at radius 2 is 0.544 bits per heavy atom. The molecule has 0 amide bonds. The molecule has 0 N–H and O–H groups in total. The summed E-state index contributed by atoms with van der Waals surface area (Å²) in [6, 6.07) is 85.4. The lowest BCUT2D eigenvalue weighted by molar-refractivity contribution is 1.07. The minimum atomic E-state index is 0.511. The molecular weight excluding hydrogens is 971 g/mol. The zero-order valence-corrected chi connectivity index (χ0v) is 42.2. The summed E-state index contributed by atoms with van der Waals surface area (Å²) >= 11 is 0. The molecule has 0 aliphatic rings. The van der Waals surface area contributed by atoms with Gasteiger partial charge in [0.2, 0.25) is 0 Å². The van der Waals surface area contributed by atoms with Gasteiger partial charge in [0.25, 0.3) is 0 Å². The number of hydrogen-bond donors (Lipinski definition) is 0. The molecule has 370 valence electrons. The van der Waals surface area contributed by atoms with Gasteiger partial charge in [0, 0.05) is 78.3 Å². The molecule has 0 fully saturated rings. The van der Waals surface area contributed by atoms with Crippen molar-refractivity contribution in [2.45, 2.75) is 0 Å². The number of hydrogen-bond acceptors (Lipinski definition) is 10. The summed E-state index contributed by atoms with van der Waals surface area (Å²) in [6.45, 7) is 0. The molecule has 9 aromatic carbocycles. The molecule has 0 aliphatic carbocycles. The molecular formula is C68H43N11. The van der Waals surface area contributed by atoms with Crippen molar-refractivity contribution in [2.24, 2.45) is 0 Å². The molecule has 0 bridgehead atoms. The first-order valence-corrected chi connectivity index (χ1v) is 25.9. The number of rotatable bonds is 11. The van der Waals surface area contributed by atoms with Gasteiger partial charge in [0.15, 0.2) is 52.4 Å². The third-order valence-electron chi connectivity index (χ3n) is 13.8. The number of nitrogens with zero attached hydrogens (tertiary/aromatic N) is 11. The Morgan fingerprint density at radius 3 is 0.873 bits per heavy atom. The van der Waals surface area contributed by atoms with E-state index in [1.807, 2.05) is 206 Å². The van der Waals surface area contributed by atoms with Crippen molar-refractivity contribution >= 4 is 21.8 Å². The largest absolute Gasteiger partial charge is 0.309 e. The van der Waals surface area contributed by atoms with Crippen molar-refractivity contribution in [3.63, 3.8) is 0 Å². The van der Waals surface area contributed by atoms with Crippen LogP contribution in [0.3, 0.4) is 0 Å². The summed E-state index contributed by atoms with van der Waals surface area (Å²) < 4.78 is 2.29. The fraction of sp³-hybridized carbons (Fsp3) is 0. The fourth-order valence-electron chi connectivity index (χ4n) is 9.99. The highest BCUT2D eigenvalue weighted by Gasteiger charge is 2.22. The van der Waals surface area contributed by atoms with Crippen molar-refractivity contribution in [1.82, 2.24) is 54.4 Å². The van der Waals surface area contributed by atoms with E-state index in [1.54, 1.807) is 0 Å². The molecule has 0 unspecified atom stereocenters. The number of aromatic nitrogens is 11. The molecule has 5 heterocycles. The van der Waals surface area contributed by atoms with Crippen molar-refractivity contribution in [1.29, 1.82) is 0 Å². The van der Waals surface area contributed by atoms with Crippen LogP contribution in [0.15, 0.2) is 261 Å². The predicted molar refractivity (Wildman–Crippen MR) is 313 cm³/mol. The summed E-state index contributed by atoms with van der Waals surface area (Å²) in [5, 5.41) is 1.93. The quantitative estimate of drug-likeness (QED) is 0.123. The second kappa shape index (κ2) is 20.2. The van der Waals surface area contributed by atoms with Crippen LogP contribution in [0.2, 0.25) is 0 Å². The van der Waals surface area contributed by atoms with Crippen molar-refractivity contribution in [2.75, 3.05) is 0 Å². The SMILES string of the molecule is c1ccc(-c2nc(-c3ccccc3)nc(-c3ccc4c(c3)c3cc(-c5nc(-c6ccccc6)nc(-c6ccccc6)n5)ccc3n4-c3ccc(-c4ccccn4)c(-c4nc(-c5ccccc5)nc(-c5ccccc5)n4)c3)n2)cc1. The van der Waals surface area contributed by atoms with Crippen molar-refractivity contribution in [3.05, 3.63) is 261 Å². The van der Waals surface area contributed by atoms with Gasteiger partial charge in [-0.15, -0.1) is 0 Å². The number of fused-ring (bicyclic) bond motifs is 3. The Labute approximate surface area is 454 Å². The molecule has 0 saturated carbocycles. The maximum absolute atomic E-state index is 5.24. The van der Waals surface area contributed by atoms with Crippen molar-refractivity contribution < 1.29 is 0 Å². The number of pyridine rings is 1. The maximum Gasteiger partial charge on any atom is 0.164 e. The summed E-state index contributed by atoms with van der Waals surface area (Å²) in [5.74, 6) is 5.05. The lowest BCUT2D eigenvalue weighted by Crippen LogP contribution is -2.03. The Kier molecular flexibility index (Phi) is 11.9. The topological polar surface area (TPSA) is 134 Å². The standard InChI is InChI=1S/C68H43N11/c1-7-21-44(22-8-1)60-70-61(45-23-9-2-10-24-45)74-66(73-60)50-34-38-58-54(41-50)55-42-51(67-75-62(46-25-11-3-12-26-46)71-63(76-67)47-27-13-4-14-28-47)35-39-59(55)79(58)52-36-37-53(57-33-19-20-40-69-57)56(43-52)68-77-64(48-29-15-5-16-30-48)72-65(78-68)49-31-17-6-18-32-49/h1-43H. The zero-order valence-electron chi connectivity index (χ0n) is 42.2. The highest BCUT2D eigenvalue weighted by atomic mass is 15.1. The van der Waals surface area contributed by atoms with Crippen LogP contribution in [0.5, 0.6) is 0 Å². The van der Waals surface area contributed by atoms with Crippen LogP contribution in [-0.4, -0.2) is 54.4 Å². The molecule has 0 aliphatic heterocycles. The summed E-state index contributed by atoms with van der Waals surface area (Å²) in [7, 11) is 0. The van der Waals surface area contributed by atoms with Gasteiger partial charge in [-0.3, -0.25) is 4.98 Å². The lowest BCUT2D eigenvalue weighted by atomic mass is 10.0. The minimum Gasteiger partial charge on any atom is -0.309 e. The second-order valence-electron chi connectivity index (χ2n) is 18.9. The van der Waals surface area contributed by atoms with Gasteiger partial charge < -0.3 is 4.57 Å². The van der Waals surface area contributed by atoms with Crippen LogP contribution >= 0.6 is 0 Å². The first-order valence-electron chi connectivity index (χ1n) is 25.9. The van der Waals surface area contributed by atoms with Crippen LogP contribution < -0.4 is 0 Å². The van der Waals surface area contributed by atoms with Crippen LogP contribution in [0.1, 0.15) is 0 Å². The zero-order chi connectivity index (χ0) is 52.5. The fourth-order valence-corrected chi connectivity index (χ4v) is 9.99. The molecule has 0 spiro atoms. The van der Waals surface area contributed by atoms with E-state index in [4.69, 9.17) is 49.8 Å². The van der Waals surface area contributed by atoms with Gasteiger partial charge in [-0.2, -0.15) is 0 Å². The maximum atomic E-state index is 5.24. The van der Waals surface area contributed by atoms with Gasteiger partial charge in [0.05, 0.1) is 16.7 Å². The molecule has 0 atom stereocenters. The summed E-state index contributed by atoms with van der Waals surface area (Å²) in [6.07, 6.45) is 1.81. The second-order valence-corrected chi connectivity index (χ2v) is 18.9. The monoisotopic (exact) mass is 1010 g/mol. The Morgan fingerprint density at radius 1 is 0.228 bits per heavy atom. The molecule has 79 heavy (non-hydrogen) atoms. The highest BCUT2D eigenvalue weighted by Crippen LogP contribution is 2.40. The third kappa shape index (κ3) is 9.13. The molecule has 0 saturated heterocycles. The van der Waals surface area contributed by atoms with Gasteiger partial charge in [-0.25, -0.2) is 44.9 Å². The normalized spacial score (nSPS) is 11.3.